The molecule has 1 aromatic carbocycles. The molecule has 1 heterocycles. The molecule has 1 N–H and O–H groups in total. The van der Waals surface area contributed by atoms with Crippen molar-refractivity contribution in [2.45, 2.75) is 122 Å². The largest absolute Gasteiger partial charge is 0.481 e. The molecule has 240 valence electrons. The van der Waals surface area contributed by atoms with Crippen LogP contribution in [0.1, 0.15) is 134 Å². The normalized spacial score (nSPS) is 12.0. The molecule has 0 aliphatic carbocycles. The Hall–Kier alpha value is -3.08. The van der Waals surface area contributed by atoms with Gasteiger partial charge in [-0.3, -0.25) is 19.7 Å². The first kappa shape index (κ1) is 36.1. The van der Waals surface area contributed by atoms with E-state index in [-0.39, 0.29) is 30.0 Å². The predicted octanol–water partition coefficient (Wildman–Crippen LogP) is 8.16. The standard InChI is InChI=1S/C32H48N2O8S/c1-7-8-9-10-11-12-13-14-15-16-20-41-30(38)23-17-18-24(25(22-23)34(39)40)33-29(37)27(28(42-33)31(2,3)4)32(5,6)43-21-19-26(35)36/h17-18,22H,7-16,19-21H2,1-6H3,(H,35,36). The maximum atomic E-state index is 13.7. The van der Waals surface area contributed by atoms with E-state index in [1.54, 1.807) is 13.8 Å². The summed E-state index contributed by atoms with van der Waals surface area (Å²) >= 11 is 1.30. The summed E-state index contributed by atoms with van der Waals surface area (Å²) in [6.07, 6.45) is 11.5. The Kier molecular flexibility index (Phi) is 14.0. The number of aliphatic carboxylic acids is 1. The van der Waals surface area contributed by atoms with Crippen LogP contribution in [0, 0.1) is 10.1 Å². The van der Waals surface area contributed by atoms with Crippen molar-refractivity contribution < 1.29 is 28.9 Å². The zero-order chi connectivity index (χ0) is 32.2. The molecule has 0 bridgehead atoms. The lowest BCUT2D eigenvalue weighted by Gasteiger charge is -2.26. The Labute approximate surface area is 258 Å². The number of hydrogen-bond acceptors (Lipinski definition) is 8. The van der Waals surface area contributed by atoms with Gasteiger partial charge in [0.15, 0.2) is 5.69 Å². The van der Waals surface area contributed by atoms with Gasteiger partial charge in [0.1, 0.15) is 5.76 Å². The number of rotatable bonds is 19. The van der Waals surface area contributed by atoms with Gasteiger partial charge in [-0.05, 0) is 32.4 Å². The number of hydrogen-bond donors (Lipinski definition) is 1. The molecule has 10 nitrogen and oxygen atoms in total. The predicted molar refractivity (Wildman–Crippen MR) is 170 cm³/mol. The summed E-state index contributed by atoms with van der Waals surface area (Å²) in [5, 5.41) is 21.1. The van der Waals surface area contributed by atoms with Gasteiger partial charge in [0.2, 0.25) is 0 Å². The third kappa shape index (κ3) is 10.9. The molecular formula is C32H48N2O8S. The minimum Gasteiger partial charge on any atom is -0.481 e. The molecule has 0 fully saturated rings. The zero-order valence-electron chi connectivity index (χ0n) is 26.5. The van der Waals surface area contributed by atoms with Gasteiger partial charge in [0.05, 0.1) is 29.1 Å². The molecule has 0 saturated carbocycles. The number of nitro groups is 1. The van der Waals surface area contributed by atoms with E-state index in [1.165, 1.54) is 62.4 Å². The Balaban J connectivity index is 2.17. The quantitative estimate of drug-likeness (QED) is 0.0712. The summed E-state index contributed by atoms with van der Waals surface area (Å²) < 4.78 is 11.4. The first-order valence-electron chi connectivity index (χ1n) is 15.3. The third-order valence-corrected chi connectivity index (χ3v) is 8.56. The Bertz CT molecular complexity index is 1290. The number of thioether (sulfide) groups is 1. The topological polar surface area (TPSA) is 142 Å². The number of carboxylic acid groups (broad SMARTS) is 1. The van der Waals surface area contributed by atoms with Gasteiger partial charge in [0, 0.05) is 22.0 Å². The number of nitro benzene ring substituents is 1. The van der Waals surface area contributed by atoms with E-state index < -0.39 is 38.3 Å². The molecule has 1 aromatic heterocycles. The number of unbranched alkanes of at least 4 members (excludes halogenated alkanes) is 9. The smallest absolute Gasteiger partial charge is 0.338 e. The SMILES string of the molecule is CCCCCCCCCCCCOC(=O)c1ccc(-n2oc(C(C)(C)C)c(C(C)(C)SCCC(=O)O)c2=O)c([N+](=O)[O-])c1. The first-order chi connectivity index (χ1) is 20.2. The van der Waals surface area contributed by atoms with Gasteiger partial charge >= 0.3 is 11.9 Å². The Morgan fingerprint density at radius 3 is 2.12 bits per heavy atom. The van der Waals surface area contributed by atoms with Gasteiger partial charge in [-0.25, -0.2) is 4.79 Å². The molecule has 0 amide bonds. The molecule has 0 radical (unpaired) electrons. The molecule has 2 rings (SSSR count). The summed E-state index contributed by atoms with van der Waals surface area (Å²) in [6.45, 7) is 11.6. The first-order valence-corrected chi connectivity index (χ1v) is 16.3. The summed E-state index contributed by atoms with van der Waals surface area (Å²) in [7, 11) is 0. The minimum atomic E-state index is -0.943. The second-order valence-electron chi connectivity index (χ2n) is 12.4. The number of ether oxygens (including phenoxy) is 1. The fourth-order valence-corrected chi connectivity index (χ4v) is 5.96. The van der Waals surface area contributed by atoms with Crippen molar-refractivity contribution in [2.75, 3.05) is 12.4 Å². The minimum absolute atomic E-state index is 0.0166. The molecular weight excluding hydrogens is 572 g/mol. The summed E-state index contributed by atoms with van der Waals surface area (Å²) in [4.78, 5) is 48.9. The fraction of sp³-hybridized carbons (Fsp3) is 0.656. The second-order valence-corrected chi connectivity index (χ2v) is 14.1. The fourth-order valence-electron chi connectivity index (χ4n) is 4.85. The van der Waals surface area contributed by atoms with Crippen molar-refractivity contribution in [3.8, 4) is 5.69 Å². The van der Waals surface area contributed by atoms with E-state index in [2.05, 4.69) is 6.92 Å². The average molecular weight is 621 g/mol. The van der Waals surface area contributed by atoms with Crippen LogP contribution in [0.15, 0.2) is 27.5 Å². The molecule has 11 heteroatoms. The van der Waals surface area contributed by atoms with Crippen LogP contribution in [0.4, 0.5) is 5.69 Å². The highest BCUT2D eigenvalue weighted by molar-refractivity contribution is 8.00. The maximum absolute atomic E-state index is 13.7. The monoisotopic (exact) mass is 620 g/mol. The zero-order valence-corrected chi connectivity index (χ0v) is 27.3. The second kappa shape index (κ2) is 16.7. The Morgan fingerprint density at radius 2 is 1.58 bits per heavy atom. The van der Waals surface area contributed by atoms with Crippen LogP contribution in [0.5, 0.6) is 0 Å². The number of aromatic nitrogens is 1. The van der Waals surface area contributed by atoms with E-state index in [4.69, 9.17) is 14.4 Å². The van der Waals surface area contributed by atoms with Crippen LogP contribution in [-0.2, 0) is 19.7 Å². The van der Waals surface area contributed by atoms with Crippen LogP contribution in [0.3, 0.4) is 0 Å². The van der Waals surface area contributed by atoms with Crippen molar-refractivity contribution >= 4 is 29.4 Å². The van der Waals surface area contributed by atoms with Gasteiger partial charge in [-0.2, -0.15) is 0 Å². The molecule has 43 heavy (non-hydrogen) atoms. The molecule has 0 aliphatic rings. The molecule has 0 saturated heterocycles. The highest BCUT2D eigenvalue weighted by Gasteiger charge is 2.38. The number of carboxylic acids is 1. The van der Waals surface area contributed by atoms with Crippen molar-refractivity contribution in [1.29, 1.82) is 0 Å². The highest BCUT2D eigenvalue weighted by Crippen LogP contribution is 2.41. The number of carbonyl (C=O) groups excluding carboxylic acids is 1. The van der Waals surface area contributed by atoms with Crippen molar-refractivity contribution in [2.24, 2.45) is 0 Å². The highest BCUT2D eigenvalue weighted by atomic mass is 32.2. The van der Waals surface area contributed by atoms with Crippen molar-refractivity contribution in [3.63, 3.8) is 0 Å². The molecule has 0 atom stereocenters. The molecule has 0 spiro atoms. The van der Waals surface area contributed by atoms with Gasteiger partial charge < -0.3 is 14.4 Å². The Morgan fingerprint density at radius 1 is 1.00 bits per heavy atom. The third-order valence-electron chi connectivity index (χ3n) is 7.23. The summed E-state index contributed by atoms with van der Waals surface area (Å²) in [5.41, 5.74) is -1.45. The number of benzene rings is 1. The maximum Gasteiger partial charge on any atom is 0.338 e. The van der Waals surface area contributed by atoms with E-state index in [0.717, 1.165) is 36.5 Å². The van der Waals surface area contributed by atoms with E-state index in [9.17, 15) is 24.5 Å². The van der Waals surface area contributed by atoms with E-state index in [0.29, 0.717) is 11.3 Å². The van der Waals surface area contributed by atoms with Gasteiger partial charge in [-0.15, -0.1) is 16.5 Å². The summed E-state index contributed by atoms with van der Waals surface area (Å²) in [5.74, 6) is -0.988. The van der Waals surface area contributed by atoms with E-state index in [1.807, 2.05) is 20.8 Å². The van der Waals surface area contributed by atoms with Crippen LogP contribution >= 0.6 is 11.8 Å². The van der Waals surface area contributed by atoms with Crippen LogP contribution in [-0.4, -0.2) is 39.1 Å². The molecule has 2 aromatic rings. The van der Waals surface area contributed by atoms with Crippen LogP contribution in [0.2, 0.25) is 0 Å². The molecule has 0 unspecified atom stereocenters. The number of nitrogens with zero attached hydrogens (tertiary/aromatic N) is 2. The molecule has 0 aliphatic heterocycles. The van der Waals surface area contributed by atoms with Crippen LogP contribution < -0.4 is 5.56 Å². The number of carbonyl (C=O) groups is 2. The lowest BCUT2D eigenvalue weighted by atomic mass is 9.87. The summed E-state index contributed by atoms with van der Waals surface area (Å²) in [6, 6.07) is 3.82. The lowest BCUT2D eigenvalue weighted by Crippen LogP contribution is -2.28. The van der Waals surface area contributed by atoms with Gasteiger partial charge in [0.25, 0.3) is 11.2 Å². The van der Waals surface area contributed by atoms with Crippen LogP contribution in [0.25, 0.3) is 5.69 Å². The number of esters is 1. The average Bonchev–Trinajstić information content (AvgIpc) is 3.29. The van der Waals surface area contributed by atoms with Gasteiger partial charge in [-0.1, -0.05) is 85.5 Å². The lowest BCUT2D eigenvalue weighted by molar-refractivity contribution is -0.384. The van der Waals surface area contributed by atoms with E-state index >= 15 is 0 Å². The van der Waals surface area contributed by atoms with Crippen molar-refractivity contribution in [1.82, 2.24) is 4.74 Å². The van der Waals surface area contributed by atoms with Crippen molar-refractivity contribution in [3.05, 3.63) is 55.6 Å².